The number of rotatable bonds is 4. The minimum absolute atomic E-state index is 0.0748. The van der Waals surface area contributed by atoms with E-state index in [0.717, 1.165) is 11.0 Å². The van der Waals surface area contributed by atoms with E-state index in [1.54, 1.807) is 24.3 Å². The average Bonchev–Trinajstić information content (AvgIpc) is 2.90. The average molecular weight is 368 g/mol. The minimum Gasteiger partial charge on any atom is -0.506 e. The Labute approximate surface area is 146 Å². The fourth-order valence-corrected chi connectivity index (χ4v) is 2.98. The number of aromatic amines is 1. The molecule has 0 saturated carbocycles. The van der Waals surface area contributed by atoms with Crippen LogP contribution in [0.3, 0.4) is 0 Å². The highest BCUT2D eigenvalue weighted by molar-refractivity contribution is 7.99. The Bertz CT molecular complexity index is 882. The van der Waals surface area contributed by atoms with Crippen LogP contribution >= 0.6 is 35.0 Å². The van der Waals surface area contributed by atoms with Crippen LogP contribution in [0.15, 0.2) is 41.6 Å². The predicted molar refractivity (Wildman–Crippen MR) is 93.6 cm³/mol. The fraction of sp³-hybridized carbons (Fsp3) is 0.0667. The topological polar surface area (TPSA) is 78.0 Å². The van der Waals surface area contributed by atoms with Crippen LogP contribution in [-0.4, -0.2) is 26.7 Å². The van der Waals surface area contributed by atoms with E-state index >= 15 is 0 Å². The van der Waals surface area contributed by atoms with Crippen LogP contribution in [0.25, 0.3) is 11.0 Å². The molecule has 23 heavy (non-hydrogen) atoms. The monoisotopic (exact) mass is 367 g/mol. The first-order valence-corrected chi connectivity index (χ1v) is 8.32. The molecular weight excluding hydrogens is 357 g/mol. The van der Waals surface area contributed by atoms with Gasteiger partial charge in [0.2, 0.25) is 5.91 Å². The second-order valence-corrected chi connectivity index (χ2v) is 6.54. The van der Waals surface area contributed by atoms with Crippen molar-refractivity contribution in [2.24, 2.45) is 0 Å². The zero-order valence-electron chi connectivity index (χ0n) is 11.6. The highest BCUT2D eigenvalue weighted by Gasteiger charge is 2.10. The molecule has 3 aromatic rings. The summed E-state index contributed by atoms with van der Waals surface area (Å²) in [4.78, 5) is 19.4. The lowest BCUT2D eigenvalue weighted by Gasteiger charge is -2.06. The van der Waals surface area contributed by atoms with Gasteiger partial charge in [-0.1, -0.05) is 35.0 Å². The van der Waals surface area contributed by atoms with Gasteiger partial charge in [-0.2, -0.15) is 0 Å². The molecule has 1 aromatic heterocycles. The van der Waals surface area contributed by atoms with Gasteiger partial charge in [0.15, 0.2) is 5.16 Å². The first-order chi connectivity index (χ1) is 11.0. The van der Waals surface area contributed by atoms with E-state index in [0.29, 0.717) is 20.9 Å². The number of hydrogen-bond donors (Lipinski definition) is 3. The Hall–Kier alpha value is -1.89. The van der Waals surface area contributed by atoms with Crippen LogP contribution in [0.2, 0.25) is 10.0 Å². The molecule has 0 aliphatic rings. The number of anilines is 1. The molecule has 0 fully saturated rings. The van der Waals surface area contributed by atoms with E-state index < -0.39 is 0 Å². The van der Waals surface area contributed by atoms with E-state index in [-0.39, 0.29) is 17.4 Å². The molecule has 1 heterocycles. The lowest BCUT2D eigenvalue weighted by molar-refractivity contribution is -0.113. The smallest absolute Gasteiger partial charge is 0.234 e. The van der Waals surface area contributed by atoms with Gasteiger partial charge in [0.05, 0.1) is 22.5 Å². The molecular formula is C15H11Cl2N3O2S. The second-order valence-electron chi connectivity index (χ2n) is 4.70. The number of phenols is 1. The van der Waals surface area contributed by atoms with Crippen molar-refractivity contribution in [2.75, 3.05) is 11.1 Å². The lowest BCUT2D eigenvalue weighted by atomic mass is 10.3. The number of carbonyl (C=O) groups is 1. The molecule has 2 aromatic carbocycles. The van der Waals surface area contributed by atoms with Gasteiger partial charge in [0.25, 0.3) is 0 Å². The summed E-state index contributed by atoms with van der Waals surface area (Å²) in [5, 5.41) is 14.0. The van der Waals surface area contributed by atoms with Gasteiger partial charge in [-0.25, -0.2) is 4.98 Å². The molecule has 3 rings (SSSR count). The molecule has 0 aliphatic heterocycles. The van der Waals surface area contributed by atoms with Gasteiger partial charge < -0.3 is 15.4 Å². The molecule has 8 heteroatoms. The van der Waals surface area contributed by atoms with Gasteiger partial charge in [-0.15, -0.1) is 0 Å². The molecule has 0 spiro atoms. The van der Waals surface area contributed by atoms with Crippen LogP contribution in [0.5, 0.6) is 5.75 Å². The van der Waals surface area contributed by atoms with E-state index in [9.17, 15) is 9.90 Å². The number of hydrogen-bond acceptors (Lipinski definition) is 4. The first-order valence-electron chi connectivity index (χ1n) is 6.58. The molecule has 0 bridgehead atoms. The standard InChI is InChI=1S/C15H11Cl2N3O2S/c16-8-1-3-10-12(5-8)20-15(19-10)23-7-14(22)18-11-4-2-9(17)6-13(11)21/h1-6,21H,7H2,(H,18,22)(H,19,20). The van der Waals surface area contributed by atoms with Crippen LogP contribution in [0.4, 0.5) is 5.69 Å². The molecule has 118 valence electrons. The molecule has 0 aliphatic carbocycles. The number of amides is 1. The molecule has 0 radical (unpaired) electrons. The number of phenolic OH excluding ortho intramolecular Hbond substituents is 1. The fourth-order valence-electron chi connectivity index (χ4n) is 1.96. The Morgan fingerprint density at radius 3 is 2.74 bits per heavy atom. The third-order valence-corrected chi connectivity index (χ3v) is 4.34. The van der Waals surface area contributed by atoms with E-state index in [4.69, 9.17) is 23.2 Å². The number of halogens is 2. The summed E-state index contributed by atoms with van der Waals surface area (Å²) in [6.07, 6.45) is 0. The maximum atomic E-state index is 12.0. The van der Waals surface area contributed by atoms with Crippen LogP contribution in [-0.2, 0) is 4.79 Å². The molecule has 0 saturated heterocycles. The summed E-state index contributed by atoms with van der Waals surface area (Å²) in [5.41, 5.74) is 1.92. The molecule has 3 N–H and O–H groups in total. The van der Waals surface area contributed by atoms with Crippen molar-refractivity contribution >= 4 is 57.6 Å². The number of aromatic nitrogens is 2. The number of benzene rings is 2. The first kappa shape index (κ1) is 16.0. The van der Waals surface area contributed by atoms with Crippen molar-refractivity contribution in [3.05, 3.63) is 46.4 Å². The van der Waals surface area contributed by atoms with E-state index in [1.165, 1.54) is 17.8 Å². The number of H-pyrrole nitrogens is 1. The zero-order valence-corrected chi connectivity index (χ0v) is 14.0. The van der Waals surface area contributed by atoms with Crippen molar-refractivity contribution in [3.8, 4) is 5.75 Å². The second kappa shape index (κ2) is 6.70. The third-order valence-electron chi connectivity index (χ3n) is 3.00. The molecule has 0 unspecified atom stereocenters. The summed E-state index contributed by atoms with van der Waals surface area (Å²) in [5.74, 6) is -0.185. The number of carbonyl (C=O) groups excluding carboxylic acids is 1. The van der Waals surface area contributed by atoms with Crippen molar-refractivity contribution in [2.45, 2.75) is 5.16 Å². The number of thioether (sulfide) groups is 1. The van der Waals surface area contributed by atoms with Crippen molar-refractivity contribution in [3.63, 3.8) is 0 Å². The number of fused-ring (bicyclic) bond motifs is 1. The van der Waals surface area contributed by atoms with Gasteiger partial charge in [0.1, 0.15) is 5.75 Å². The lowest BCUT2D eigenvalue weighted by Crippen LogP contribution is -2.14. The number of nitrogens with zero attached hydrogens (tertiary/aromatic N) is 1. The molecule has 0 atom stereocenters. The summed E-state index contributed by atoms with van der Waals surface area (Å²) in [6.45, 7) is 0. The maximum absolute atomic E-state index is 12.0. The molecule has 5 nitrogen and oxygen atoms in total. The SMILES string of the molecule is O=C(CSc1nc2ccc(Cl)cc2[nH]1)Nc1ccc(Cl)cc1O. The number of imidazole rings is 1. The van der Waals surface area contributed by atoms with Crippen molar-refractivity contribution in [1.82, 2.24) is 9.97 Å². The summed E-state index contributed by atoms with van der Waals surface area (Å²) in [7, 11) is 0. The maximum Gasteiger partial charge on any atom is 0.234 e. The highest BCUT2D eigenvalue weighted by atomic mass is 35.5. The number of aromatic hydroxyl groups is 1. The normalized spacial score (nSPS) is 10.9. The van der Waals surface area contributed by atoms with Gasteiger partial charge in [-0.05, 0) is 30.3 Å². The van der Waals surface area contributed by atoms with E-state index in [2.05, 4.69) is 15.3 Å². The quantitative estimate of drug-likeness (QED) is 0.474. The van der Waals surface area contributed by atoms with Crippen molar-refractivity contribution < 1.29 is 9.90 Å². The minimum atomic E-state index is -0.258. The summed E-state index contributed by atoms with van der Waals surface area (Å²) in [6, 6.07) is 9.85. The Kier molecular flexibility index (Phi) is 4.66. The third kappa shape index (κ3) is 3.90. The Morgan fingerprint density at radius 2 is 1.96 bits per heavy atom. The highest BCUT2D eigenvalue weighted by Crippen LogP contribution is 2.27. The molecule has 1 amide bonds. The summed E-state index contributed by atoms with van der Waals surface area (Å²) >= 11 is 12.9. The van der Waals surface area contributed by atoms with E-state index in [1.807, 2.05) is 6.07 Å². The zero-order chi connectivity index (χ0) is 16.4. The van der Waals surface area contributed by atoms with Crippen LogP contribution in [0, 0.1) is 0 Å². The summed E-state index contributed by atoms with van der Waals surface area (Å²) < 4.78 is 0. The van der Waals surface area contributed by atoms with Gasteiger partial charge in [-0.3, -0.25) is 4.79 Å². The van der Waals surface area contributed by atoms with Crippen LogP contribution in [0.1, 0.15) is 0 Å². The predicted octanol–water partition coefficient (Wildman–Crippen LogP) is 4.31. The van der Waals surface area contributed by atoms with Crippen LogP contribution < -0.4 is 5.32 Å². The largest absolute Gasteiger partial charge is 0.506 e. The van der Waals surface area contributed by atoms with Crippen molar-refractivity contribution in [1.29, 1.82) is 0 Å². The number of nitrogens with one attached hydrogen (secondary N) is 2. The van der Waals surface area contributed by atoms with Gasteiger partial charge >= 0.3 is 0 Å². The Morgan fingerprint density at radius 1 is 1.22 bits per heavy atom. The van der Waals surface area contributed by atoms with Gasteiger partial charge in [0, 0.05) is 16.1 Å². The Balaban J connectivity index is 1.63.